The first kappa shape index (κ1) is 19.0. The minimum Gasteiger partial charge on any atom is -0.384 e. The molecular weight excluding hydrogens is 385 g/mol. The van der Waals surface area contributed by atoms with Crippen molar-refractivity contribution in [3.05, 3.63) is 40.8 Å². The number of hydrogen-bond acceptors (Lipinski definition) is 4. The van der Waals surface area contributed by atoms with E-state index < -0.39 is 5.82 Å². The van der Waals surface area contributed by atoms with E-state index in [-0.39, 0.29) is 16.5 Å². The van der Waals surface area contributed by atoms with Crippen molar-refractivity contribution in [2.24, 2.45) is 5.41 Å². The van der Waals surface area contributed by atoms with Crippen molar-refractivity contribution in [3.63, 3.8) is 0 Å². The first-order valence-corrected chi connectivity index (χ1v) is 9.66. The van der Waals surface area contributed by atoms with Crippen molar-refractivity contribution >= 4 is 29.1 Å². The van der Waals surface area contributed by atoms with E-state index in [0.717, 1.165) is 24.7 Å². The number of halogens is 2. The van der Waals surface area contributed by atoms with E-state index in [1.165, 1.54) is 31.0 Å². The van der Waals surface area contributed by atoms with E-state index in [9.17, 15) is 9.18 Å². The maximum Gasteiger partial charge on any atom is 0.322 e. The summed E-state index contributed by atoms with van der Waals surface area (Å²) in [6, 6.07) is 5.86. The number of carbonyl (C=O) groups is 1. The summed E-state index contributed by atoms with van der Waals surface area (Å²) in [7, 11) is 1.73. The Balaban J connectivity index is 1.35. The predicted molar refractivity (Wildman–Crippen MR) is 105 cm³/mol. The van der Waals surface area contributed by atoms with Crippen LogP contribution in [0.5, 0.6) is 0 Å². The Labute approximate surface area is 167 Å². The largest absolute Gasteiger partial charge is 0.384 e. The first-order chi connectivity index (χ1) is 13.5. The molecule has 1 aliphatic carbocycles. The van der Waals surface area contributed by atoms with Crippen molar-refractivity contribution in [3.8, 4) is 0 Å². The van der Waals surface area contributed by atoms with Gasteiger partial charge < -0.3 is 20.3 Å². The first-order valence-electron chi connectivity index (χ1n) is 9.29. The molecule has 1 saturated carbocycles. The van der Waals surface area contributed by atoms with Crippen LogP contribution in [0.1, 0.15) is 18.5 Å². The molecule has 0 unspecified atom stereocenters. The molecule has 9 heteroatoms. The van der Waals surface area contributed by atoms with Crippen LogP contribution in [0.25, 0.3) is 0 Å². The lowest BCUT2D eigenvalue weighted by atomic mass is 10.1. The maximum atomic E-state index is 13.3. The molecule has 0 atom stereocenters. The van der Waals surface area contributed by atoms with Crippen LogP contribution in [0.15, 0.2) is 24.3 Å². The van der Waals surface area contributed by atoms with Crippen molar-refractivity contribution < 1.29 is 13.9 Å². The van der Waals surface area contributed by atoms with Gasteiger partial charge in [0, 0.05) is 37.4 Å². The van der Waals surface area contributed by atoms with Gasteiger partial charge in [0.15, 0.2) is 0 Å². The van der Waals surface area contributed by atoms with E-state index in [2.05, 4.69) is 15.7 Å². The zero-order chi connectivity index (χ0) is 19.7. The Morgan fingerprint density at radius 1 is 1.36 bits per heavy atom. The Morgan fingerprint density at radius 3 is 2.89 bits per heavy atom. The van der Waals surface area contributed by atoms with Gasteiger partial charge in [-0.15, -0.1) is 0 Å². The molecule has 4 rings (SSSR count). The summed E-state index contributed by atoms with van der Waals surface area (Å²) >= 11 is 5.77. The van der Waals surface area contributed by atoms with E-state index >= 15 is 0 Å². The highest BCUT2D eigenvalue weighted by Crippen LogP contribution is 2.45. The van der Waals surface area contributed by atoms with Crippen LogP contribution in [-0.4, -0.2) is 47.5 Å². The Kier molecular flexibility index (Phi) is 5.16. The lowest BCUT2D eigenvalue weighted by Gasteiger charge is -2.27. The molecule has 2 aliphatic rings. The molecule has 0 bridgehead atoms. The van der Waals surface area contributed by atoms with Gasteiger partial charge in [-0.1, -0.05) is 11.6 Å². The molecule has 0 radical (unpaired) electrons. The van der Waals surface area contributed by atoms with Crippen molar-refractivity contribution in [1.82, 2.24) is 14.7 Å². The molecule has 2 N–H and O–H groups in total. The third-order valence-corrected chi connectivity index (χ3v) is 5.60. The molecule has 1 fully saturated rings. The second kappa shape index (κ2) is 7.60. The molecule has 0 spiro atoms. The van der Waals surface area contributed by atoms with Crippen LogP contribution in [0.3, 0.4) is 0 Å². The zero-order valence-corrected chi connectivity index (χ0v) is 16.4. The molecule has 1 aromatic carbocycles. The lowest BCUT2D eigenvalue weighted by molar-refractivity contribution is 0.147. The van der Waals surface area contributed by atoms with Crippen LogP contribution in [-0.2, 0) is 17.8 Å². The number of methoxy groups -OCH3 is 1. The fraction of sp³-hybridized carbons (Fsp3) is 0.474. The molecule has 28 heavy (non-hydrogen) atoms. The monoisotopic (exact) mass is 407 g/mol. The molecule has 150 valence electrons. The second-order valence-corrected chi connectivity index (χ2v) is 7.92. The van der Waals surface area contributed by atoms with Crippen LogP contribution >= 0.6 is 11.6 Å². The molecule has 2 aromatic rings. The number of anilines is 2. The number of urea groups is 1. The summed E-state index contributed by atoms with van der Waals surface area (Å²) in [4.78, 5) is 14.2. The van der Waals surface area contributed by atoms with Gasteiger partial charge in [-0.2, -0.15) is 5.10 Å². The minimum atomic E-state index is -0.514. The number of nitrogens with zero attached hydrogens (tertiary/aromatic N) is 3. The zero-order valence-electron chi connectivity index (χ0n) is 15.7. The number of hydrogen-bond donors (Lipinski definition) is 2. The maximum absolute atomic E-state index is 13.3. The van der Waals surface area contributed by atoms with Crippen LogP contribution < -0.4 is 10.6 Å². The standard InChI is InChI=1S/C19H23ClFN5O2/c1-28-12-19(4-5-19)11-22-17-9-14-10-25(6-7-26(14)24-17)18(27)23-13-2-3-16(21)15(20)8-13/h2-3,8-9H,4-7,10-12H2,1H3,(H,22,24)(H,23,27). The molecule has 7 nitrogen and oxygen atoms in total. The Morgan fingerprint density at radius 2 is 2.18 bits per heavy atom. The van der Waals surface area contributed by atoms with Gasteiger partial charge in [-0.3, -0.25) is 4.68 Å². The lowest BCUT2D eigenvalue weighted by Crippen LogP contribution is -2.40. The third kappa shape index (κ3) is 4.07. The fourth-order valence-corrected chi connectivity index (χ4v) is 3.62. The Bertz CT molecular complexity index is 883. The van der Waals surface area contributed by atoms with Gasteiger partial charge in [0.25, 0.3) is 0 Å². The van der Waals surface area contributed by atoms with E-state index in [4.69, 9.17) is 16.3 Å². The predicted octanol–water partition coefficient (Wildman–Crippen LogP) is 3.56. The van der Waals surface area contributed by atoms with Crippen LogP contribution in [0.2, 0.25) is 5.02 Å². The summed E-state index contributed by atoms with van der Waals surface area (Å²) in [6.07, 6.45) is 2.34. The number of benzene rings is 1. The summed E-state index contributed by atoms with van der Waals surface area (Å²) < 4.78 is 20.5. The summed E-state index contributed by atoms with van der Waals surface area (Å²) in [5.41, 5.74) is 1.67. The highest BCUT2D eigenvalue weighted by Gasteiger charge is 2.42. The summed E-state index contributed by atoms with van der Waals surface area (Å²) in [6.45, 7) is 3.22. The van der Waals surface area contributed by atoms with Crippen LogP contribution in [0.4, 0.5) is 20.7 Å². The molecule has 0 saturated heterocycles. The number of nitrogens with one attached hydrogen (secondary N) is 2. The summed E-state index contributed by atoms with van der Waals surface area (Å²) in [5.74, 6) is 0.310. The van der Waals surface area contributed by atoms with E-state index in [1.54, 1.807) is 12.0 Å². The molecule has 1 aromatic heterocycles. The SMILES string of the molecule is COCC1(CNc2cc3n(n2)CCN(C(=O)Nc2ccc(F)c(Cl)c2)C3)CC1. The second-order valence-electron chi connectivity index (χ2n) is 7.51. The smallest absolute Gasteiger partial charge is 0.322 e. The van der Waals surface area contributed by atoms with Crippen molar-refractivity contribution in [1.29, 1.82) is 0 Å². The van der Waals surface area contributed by atoms with Gasteiger partial charge in [-0.25, -0.2) is 9.18 Å². The normalized spacial score (nSPS) is 17.2. The number of ether oxygens (including phenoxy) is 1. The Hall–Kier alpha value is -2.32. The van der Waals surface area contributed by atoms with Crippen molar-refractivity contribution in [2.75, 3.05) is 37.4 Å². The van der Waals surface area contributed by atoms with Gasteiger partial charge in [0.1, 0.15) is 11.6 Å². The number of rotatable bonds is 6. The molecule has 1 aliphatic heterocycles. The molecule has 2 heterocycles. The van der Waals surface area contributed by atoms with Gasteiger partial charge in [-0.05, 0) is 31.0 Å². The minimum absolute atomic E-state index is 0.0212. The number of fused-ring (bicyclic) bond motifs is 1. The number of amides is 2. The van der Waals surface area contributed by atoms with Gasteiger partial charge in [0.05, 0.1) is 30.4 Å². The summed E-state index contributed by atoms with van der Waals surface area (Å²) in [5, 5.41) is 10.7. The van der Waals surface area contributed by atoms with E-state index in [0.29, 0.717) is 25.3 Å². The average Bonchev–Trinajstić information content (AvgIpc) is 3.31. The number of aromatic nitrogens is 2. The highest BCUT2D eigenvalue weighted by atomic mass is 35.5. The quantitative estimate of drug-likeness (QED) is 0.768. The topological polar surface area (TPSA) is 71.4 Å². The average molecular weight is 408 g/mol. The van der Waals surface area contributed by atoms with Gasteiger partial charge in [0.2, 0.25) is 0 Å². The molecular formula is C19H23ClFN5O2. The highest BCUT2D eigenvalue weighted by molar-refractivity contribution is 6.31. The third-order valence-electron chi connectivity index (χ3n) is 5.31. The fourth-order valence-electron chi connectivity index (χ4n) is 3.44. The van der Waals surface area contributed by atoms with Gasteiger partial charge >= 0.3 is 6.03 Å². The van der Waals surface area contributed by atoms with E-state index in [1.807, 2.05) is 10.7 Å². The van der Waals surface area contributed by atoms with Crippen molar-refractivity contribution in [2.45, 2.75) is 25.9 Å². The molecule has 2 amide bonds. The van der Waals surface area contributed by atoms with Crippen LogP contribution in [0, 0.1) is 11.2 Å². The number of carbonyl (C=O) groups excluding carboxylic acids is 1.